The van der Waals surface area contributed by atoms with E-state index in [0.29, 0.717) is 12.2 Å². The standard InChI is InChI=1S/C23H27NO8S/c1-33-14-7-5-12(6-8-14)9-13-10-24-15-3-2-4-16(17(13)15)31-21(28)19-18(26)20(27)23(30,11-25)22(29)32-19/h2-8,10,18-22,24-30H,9,11H2,1H3/t18-,19+,20+,21?,22-,23-/m1/s1. The zero-order valence-electron chi connectivity index (χ0n) is 17.8. The minimum absolute atomic E-state index is 0.305. The Morgan fingerprint density at radius 3 is 2.55 bits per heavy atom. The smallest absolute Gasteiger partial charge is 0.226 e. The largest absolute Gasteiger partial charge is 0.461 e. The van der Waals surface area contributed by atoms with Gasteiger partial charge < -0.3 is 45.1 Å². The summed E-state index contributed by atoms with van der Waals surface area (Å²) in [5.74, 6) is 0.305. The second-order valence-electron chi connectivity index (χ2n) is 8.06. The summed E-state index contributed by atoms with van der Waals surface area (Å²) in [4.78, 5) is 4.34. The number of aliphatic hydroxyl groups is 6. The van der Waals surface area contributed by atoms with Crippen LogP contribution in [-0.4, -0.2) is 85.0 Å². The van der Waals surface area contributed by atoms with Gasteiger partial charge in [0.1, 0.15) is 18.0 Å². The topological polar surface area (TPSA) is 156 Å². The Morgan fingerprint density at radius 2 is 1.88 bits per heavy atom. The molecule has 0 amide bonds. The minimum atomic E-state index is -2.49. The molecule has 2 aromatic carbocycles. The van der Waals surface area contributed by atoms with Crippen LogP contribution in [0, 0.1) is 0 Å². The van der Waals surface area contributed by atoms with Crippen molar-refractivity contribution < 1.29 is 40.1 Å². The van der Waals surface area contributed by atoms with E-state index >= 15 is 0 Å². The Hall–Kier alpha value is -2.15. The normalized spacial score (nSPS) is 28.7. The summed E-state index contributed by atoms with van der Waals surface area (Å²) >= 11 is 1.66. The van der Waals surface area contributed by atoms with Crippen molar-refractivity contribution in [2.45, 2.75) is 47.8 Å². The van der Waals surface area contributed by atoms with Gasteiger partial charge in [-0.1, -0.05) is 18.2 Å². The monoisotopic (exact) mass is 477 g/mol. The maximum Gasteiger partial charge on any atom is 0.226 e. The van der Waals surface area contributed by atoms with Crippen LogP contribution in [0.4, 0.5) is 0 Å². The summed E-state index contributed by atoms with van der Waals surface area (Å²) < 4.78 is 10.8. The number of fused-ring (bicyclic) bond motifs is 1. The molecule has 2 heterocycles. The van der Waals surface area contributed by atoms with Gasteiger partial charge in [0, 0.05) is 22.0 Å². The number of aromatic nitrogens is 1. The van der Waals surface area contributed by atoms with Crippen molar-refractivity contribution in [1.82, 2.24) is 4.98 Å². The molecule has 7 N–H and O–H groups in total. The highest BCUT2D eigenvalue weighted by molar-refractivity contribution is 7.98. The molecule has 1 aliphatic rings. The predicted molar refractivity (Wildman–Crippen MR) is 121 cm³/mol. The number of hydrogen-bond donors (Lipinski definition) is 7. The quantitative estimate of drug-likeness (QED) is 0.188. The van der Waals surface area contributed by atoms with Crippen LogP contribution in [0.25, 0.3) is 10.9 Å². The summed E-state index contributed by atoms with van der Waals surface area (Å²) in [5, 5.41) is 61.3. The maximum absolute atomic E-state index is 10.6. The molecule has 1 aromatic heterocycles. The fraction of sp³-hybridized carbons (Fsp3) is 0.391. The second-order valence-corrected chi connectivity index (χ2v) is 8.94. The van der Waals surface area contributed by atoms with Gasteiger partial charge in [0.25, 0.3) is 0 Å². The molecule has 0 bridgehead atoms. The Bertz CT molecular complexity index is 1090. The van der Waals surface area contributed by atoms with Crippen molar-refractivity contribution in [3.05, 3.63) is 59.8 Å². The van der Waals surface area contributed by atoms with Crippen LogP contribution in [-0.2, 0) is 11.2 Å². The fourth-order valence-corrected chi connectivity index (χ4v) is 4.40. The van der Waals surface area contributed by atoms with E-state index < -0.39 is 43.1 Å². The zero-order valence-corrected chi connectivity index (χ0v) is 18.6. The number of thioether (sulfide) groups is 1. The third-order valence-corrected chi connectivity index (χ3v) is 6.71. The van der Waals surface area contributed by atoms with Gasteiger partial charge in [0.2, 0.25) is 6.29 Å². The first-order chi connectivity index (χ1) is 15.8. The number of rotatable bonds is 7. The molecule has 1 fully saturated rings. The van der Waals surface area contributed by atoms with Crippen molar-refractivity contribution in [2.75, 3.05) is 12.9 Å². The van der Waals surface area contributed by atoms with Gasteiger partial charge in [-0.15, -0.1) is 11.8 Å². The Morgan fingerprint density at radius 1 is 1.15 bits per heavy atom. The first kappa shape index (κ1) is 24.0. The van der Waals surface area contributed by atoms with Gasteiger partial charge in [-0.05, 0) is 48.1 Å². The highest BCUT2D eigenvalue weighted by atomic mass is 32.2. The van der Waals surface area contributed by atoms with E-state index in [4.69, 9.17) is 9.47 Å². The van der Waals surface area contributed by atoms with Crippen molar-refractivity contribution in [2.24, 2.45) is 0 Å². The van der Waals surface area contributed by atoms with Crippen LogP contribution in [0.2, 0.25) is 0 Å². The fourth-order valence-electron chi connectivity index (χ4n) is 3.99. The Kier molecular flexibility index (Phi) is 6.99. The van der Waals surface area contributed by atoms with Crippen LogP contribution in [0.15, 0.2) is 53.6 Å². The molecule has 4 rings (SSSR count). The van der Waals surface area contributed by atoms with Gasteiger partial charge in [-0.3, -0.25) is 0 Å². The number of ether oxygens (including phenoxy) is 2. The number of aliphatic hydroxyl groups excluding tert-OH is 5. The average Bonchev–Trinajstić information content (AvgIpc) is 3.24. The zero-order chi connectivity index (χ0) is 23.8. The Balaban J connectivity index is 1.58. The second kappa shape index (κ2) is 9.61. The van der Waals surface area contributed by atoms with E-state index in [2.05, 4.69) is 4.98 Å². The molecular formula is C23H27NO8S. The summed E-state index contributed by atoms with van der Waals surface area (Å²) in [6.07, 6.45) is -4.76. The van der Waals surface area contributed by atoms with Gasteiger partial charge in [0.05, 0.1) is 6.61 Å². The molecule has 0 radical (unpaired) electrons. The molecule has 1 saturated heterocycles. The van der Waals surface area contributed by atoms with Crippen LogP contribution in [0.1, 0.15) is 11.1 Å². The summed E-state index contributed by atoms with van der Waals surface area (Å²) in [6.45, 7) is -1.06. The number of aromatic amines is 1. The third kappa shape index (κ3) is 4.48. The van der Waals surface area contributed by atoms with E-state index in [1.54, 1.807) is 23.9 Å². The molecule has 9 nitrogen and oxygen atoms in total. The molecule has 1 aliphatic heterocycles. The number of hydrogen-bond acceptors (Lipinski definition) is 9. The van der Waals surface area contributed by atoms with Gasteiger partial charge in [-0.2, -0.15) is 0 Å². The lowest BCUT2D eigenvalue weighted by Crippen LogP contribution is -2.69. The molecule has 0 aliphatic carbocycles. The number of benzene rings is 2. The molecule has 33 heavy (non-hydrogen) atoms. The molecule has 3 aromatic rings. The van der Waals surface area contributed by atoms with E-state index in [0.717, 1.165) is 26.9 Å². The predicted octanol–water partition coefficient (Wildman–Crippen LogP) is 0.340. The highest BCUT2D eigenvalue weighted by Crippen LogP contribution is 2.34. The van der Waals surface area contributed by atoms with Gasteiger partial charge in [-0.25, -0.2) is 0 Å². The lowest BCUT2D eigenvalue weighted by atomic mass is 9.87. The molecule has 178 valence electrons. The van der Waals surface area contributed by atoms with Crippen molar-refractivity contribution in [1.29, 1.82) is 0 Å². The highest BCUT2D eigenvalue weighted by Gasteiger charge is 2.56. The number of H-pyrrole nitrogens is 1. The number of nitrogens with one attached hydrogen (secondary N) is 1. The van der Waals surface area contributed by atoms with Crippen LogP contribution in [0.3, 0.4) is 0 Å². The van der Waals surface area contributed by atoms with Crippen molar-refractivity contribution in [3.63, 3.8) is 0 Å². The summed E-state index contributed by atoms with van der Waals surface area (Å²) in [6, 6.07) is 13.4. The van der Waals surface area contributed by atoms with Gasteiger partial charge >= 0.3 is 0 Å². The lowest BCUT2D eigenvalue weighted by molar-refractivity contribution is -0.354. The van der Waals surface area contributed by atoms with Gasteiger partial charge in [0.15, 0.2) is 18.0 Å². The first-order valence-electron chi connectivity index (χ1n) is 10.4. The SMILES string of the molecule is CSc1ccc(Cc2c[nH]c3cccc(OC(O)[C@H]4O[C@@H](O)[C@@](O)(CO)[C@@H](O)[C@@H]4O)c23)cc1. The van der Waals surface area contributed by atoms with Crippen molar-refractivity contribution in [3.8, 4) is 5.75 Å². The van der Waals surface area contributed by atoms with Crippen LogP contribution < -0.4 is 4.74 Å². The van der Waals surface area contributed by atoms with E-state index in [9.17, 15) is 30.6 Å². The lowest BCUT2D eigenvalue weighted by Gasteiger charge is -2.46. The summed E-state index contributed by atoms with van der Waals surface area (Å²) in [7, 11) is 0. The minimum Gasteiger partial charge on any atom is -0.461 e. The maximum atomic E-state index is 10.6. The van der Waals surface area contributed by atoms with E-state index in [1.807, 2.05) is 42.8 Å². The molecule has 6 atom stereocenters. The van der Waals surface area contributed by atoms with E-state index in [1.165, 1.54) is 0 Å². The Labute approximate surface area is 194 Å². The molecular weight excluding hydrogens is 450 g/mol. The molecule has 1 unspecified atom stereocenters. The van der Waals surface area contributed by atoms with Crippen LogP contribution >= 0.6 is 11.8 Å². The molecule has 0 saturated carbocycles. The molecule has 0 spiro atoms. The van der Waals surface area contributed by atoms with Crippen molar-refractivity contribution >= 4 is 22.7 Å². The van der Waals surface area contributed by atoms with Crippen LogP contribution in [0.5, 0.6) is 5.75 Å². The third-order valence-electron chi connectivity index (χ3n) is 5.97. The average molecular weight is 478 g/mol. The summed E-state index contributed by atoms with van der Waals surface area (Å²) in [5.41, 5.74) is 0.291. The first-order valence-corrected chi connectivity index (χ1v) is 11.6. The molecule has 10 heteroatoms. The van der Waals surface area contributed by atoms with E-state index in [-0.39, 0.29) is 0 Å².